The van der Waals surface area contributed by atoms with Crippen LogP contribution in [0.1, 0.15) is 23.2 Å². The summed E-state index contributed by atoms with van der Waals surface area (Å²) in [5, 5.41) is 2.14. The molecule has 1 saturated carbocycles. The van der Waals surface area contributed by atoms with Crippen LogP contribution in [0.4, 0.5) is 10.1 Å². The van der Waals surface area contributed by atoms with Gasteiger partial charge in [0.15, 0.2) is 0 Å². The Morgan fingerprint density at radius 3 is 2.45 bits per heavy atom. The fraction of sp³-hybridized carbons (Fsp3) is 0.263. The van der Waals surface area contributed by atoms with Crippen LogP contribution in [0.3, 0.4) is 0 Å². The van der Waals surface area contributed by atoms with Crippen molar-refractivity contribution < 1.29 is 27.1 Å². The number of esters is 1. The first-order chi connectivity index (χ1) is 13.7. The minimum absolute atomic E-state index is 0.199. The normalized spacial score (nSPS) is 13.6. The van der Waals surface area contributed by atoms with Crippen LogP contribution in [0.5, 0.6) is 0 Å². The summed E-state index contributed by atoms with van der Waals surface area (Å²) in [5.74, 6) is -1.28. The number of sulfonamides is 1. The molecule has 1 amide bonds. The number of ether oxygens (including phenoxy) is 1. The topological polar surface area (TPSA) is 102 Å². The Balaban J connectivity index is 1.56. The molecule has 10 heteroatoms. The van der Waals surface area contributed by atoms with Gasteiger partial charge in [-0.05, 0) is 61.2 Å². The SMILES string of the molecule is O=C(CNC(=O)c1ccc(NS(=O)(=O)c2ccc(F)c(Cl)c2)cc1)OCC1CC1. The fourth-order valence-electron chi connectivity index (χ4n) is 2.35. The lowest BCUT2D eigenvalue weighted by Crippen LogP contribution is -2.30. The third kappa shape index (κ3) is 5.91. The van der Waals surface area contributed by atoms with Gasteiger partial charge in [0.1, 0.15) is 12.4 Å². The molecular formula is C19H18ClFN2O5S. The van der Waals surface area contributed by atoms with Gasteiger partial charge >= 0.3 is 5.97 Å². The van der Waals surface area contributed by atoms with Crippen molar-refractivity contribution in [1.29, 1.82) is 0 Å². The summed E-state index contributed by atoms with van der Waals surface area (Å²) >= 11 is 5.62. The Hall–Kier alpha value is -2.65. The molecule has 29 heavy (non-hydrogen) atoms. The first kappa shape index (κ1) is 21.1. The molecule has 0 spiro atoms. The Bertz CT molecular complexity index is 1020. The van der Waals surface area contributed by atoms with E-state index in [1.165, 1.54) is 24.3 Å². The second kappa shape index (κ2) is 8.79. The lowest BCUT2D eigenvalue weighted by atomic mass is 10.2. The van der Waals surface area contributed by atoms with E-state index in [0.717, 1.165) is 31.0 Å². The van der Waals surface area contributed by atoms with Crippen LogP contribution in [-0.2, 0) is 19.6 Å². The summed E-state index contributed by atoms with van der Waals surface area (Å²) < 4.78 is 45.3. The van der Waals surface area contributed by atoms with Gasteiger partial charge in [0.05, 0.1) is 16.5 Å². The molecule has 7 nitrogen and oxygen atoms in total. The summed E-state index contributed by atoms with van der Waals surface area (Å²) in [7, 11) is -3.98. The van der Waals surface area contributed by atoms with Crippen molar-refractivity contribution in [2.75, 3.05) is 17.9 Å². The van der Waals surface area contributed by atoms with E-state index in [2.05, 4.69) is 10.0 Å². The summed E-state index contributed by atoms with van der Waals surface area (Å²) in [4.78, 5) is 23.4. The Morgan fingerprint density at radius 2 is 1.83 bits per heavy atom. The molecule has 2 aromatic rings. The average molecular weight is 441 g/mol. The molecule has 0 saturated heterocycles. The number of hydrogen-bond acceptors (Lipinski definition) is 5. The lowest BCUT2D eigenvalue weighted by molar-refractivity contribution is -0.142. The van der Waals surface area contributed by atoms with Gasteiger partial charge in [-0.3, -0.25) is 14.3 Å². The molecule has 1 aliphatic carbocycles. The van der Waals surface area contributed by atoms with Crippen molar-refractivity contribution in [2.24, 2.45) is 5.92 Å². The molecule has 3 rings (SSSR count). The minimum Gasteiger partial charge on any atom is -0.464 e. The summed E-state index contributed by atoms with van der Waals surface area (Å²) in [5.41, 5.74) is 0.443. The monoisotopic (exact) mass is 440 g/mol. The number of rotatable bonds is 8. The van der Waals surface area contributed by atoms with Crippen LogP contribution in [-0.4, -0.2) is 33.4 Å². The number of nitrogens with one attached hydrogen (secondary N) is 2. The van der Waals surface area contributed by atoms with E-state index in [-0.39, 0.29) is 27.7 Å². The van der Waals surface area contributed by atoms with Crippen molar-refractivity contribution in [2.45, 2.75) is 17.7 Å². The number of benzene rings is 2. The maximum absolute atomic E-state index is 13.2. The highest BCUT2D eigenvalue weighted by Gasteiger charge is 2.23. The number of carbonyl (C=O) groups is 2. The van der Waals surface area contributed by atoms with Crippen LogP contribution in [0.25, 0.3) is 0 Å². The molecule has 0 radical (unpaired) electrons. The Kier molecular flexibility index (Phi) is 6.39. The molecule has 0 heterocycles. The zero-order chi connectivity index (χ0) is 21.0. The number of anilines is 1. The van der Waals surface area contributed by atoms with E-state index < -0.39 is 27.7 Å². The fourth-order valence-corrected chi connectivity index (χ4v) is 3.68. The number of halogens is 2. The van der Waals surface area contributed by atoms with E-state index in [1.807, 2.05) is 0 Å². The number of carbonyl (C=O) groups excluding carboxylic acids is 2. The van der Waals surface area contributed by atoms with E-state index in [4.69, 9.17) is 16.3 Å². The third-order valence-corrected chi connectivity index (χ3v) is 5.84. The van der Waals surface area contributed by atoms with Crippen molar-refractivity contribution in [1.82, 2.24) is 5.32 Å². The van der Waals surface area contributed by atoms with Crippen molar-refractivity contribution >= 4 is 39.2 Å². The van der Waals surface area contributed by atoms with Crippen LogP contribution in [0.2, 0.25) is 5.02 Å². The van der Waals surface area contributed by atoms with E-state index in [9.17, 15) is 22.4 Å². The van der Waals surface area contributed by atoms with Crippen LogP contribution >= 0.6 is 11.6 Å². The van der Waals surface area contributed by atoms with Gasteiger partial charge in [-0.1, -0.05) is 11.6 Å². The van der Waals surface area contributed by atoms with Gasteiger partial charge in [0, 0.05) is 11.3 Å². The molecule has 0 bridgehead atoms. The molecule has 154 valence electrons. The molecule has 2 N–H and O–H groups in total. The van der Waals surface area contributed by atoms with Gasteiger partial charge in [-0.2, -0.15) is 0 Å². The van der Waals surface area contributed by atoms with E-state index >= 15 is 0 Å². The molecule has 0 unspecified atom stereocenters. The molecule has 0 aromatic heterocycles. The highest BCUT2D eigenvalue weighted by molar-refractivity contribution is 7.92. The Labute approximate surface area is 172 Å². The second-order valence-electron chi connectivity index (χ2n) is 6.57. The predicted molar refractivity (Wildman–Crippen MR) is 105 cm³/mol. The highest BCUT2D eigenvalue weighted by Crippen LogP contribution is 2.28. The van der Waals surface area contributed by atoms with Crippen molar-refractivity contribution in [3.8, 4) is 0 Å². The third-order valence-electron chi connectivity index (χ3n) is 4.17. The standard InChI is InChI=1S/C19H18ClFN2O5S/c20-16-9-15(7-8-17(16)21)29(26,27)23-14-5-3-13(4-6-14)19(25)22-10-18(24)28-11-12-1-2-12/h3-9,12,23H,1-2,10-11H2,(H,22,25). The van der Waals surface area contributed by atoms with Gasteiger partial charge in [-0.25, -0.2) is 12.8 Å². The summed E-state index contributed by atoms with van der Waals surface area (Å²) in [6.45, 7) is 0.133. The lowest BCUT2D eigenvalue weighted by Gasteiger charge is -2.10. The van der Waals surface area contributed by atoms with Gasteiger partial charge in [0.25, 0.3) is 15.9 Å². The molecule has 0 aliphatic heterocycles. The zero-order valence-electron chi connectivity index (χ0n) is 15.2. The summed E-state index contributed by atoms with van der Waals surface area (Å²) in [6, 6.07) is 8.64. The first-order valence-corrected chi connectivity index (χ1v) is 10.6. The molecular weight excluding hydrogens is 423 g/mol. The van der Waals surface area contributed by atoms with Crippen LogP contribution in [0.15, 0.2) is 47.4 Å². The van der Waals surface area contributed by atoms with Gasteiger partial charge in [0.2, 0.25) is 0 Å². The first-order valence-electron chi connectivity index (χ1n) is 8.76. The van der Waals surface area contributed by atoms with Crippen molar-refractivity contribution in [3.05, 3.63) is 58.9 Å². The summed E-state index contributed by atoms with van der Waals surface area (Å²) in [6.07, 6.45) is 2.12. The second-order valence-corrected chi connectivity index (χ2v) is 8.66. The quantitative estimate of drug-likeness (QED) is 0.614. The maximum Gasteiger partial charge on any atom is 0.325 e. The number of amides is 1. The maximum atomic E-state index is 13.2. The highest BCUT2D eigenvalue weighted by atomic mass is 35.5. The Morgan fingerprint density at radius 1 is 1.14 bits per heavy atom. The van der Waals surface area contributed by atoms with Crippen LogP contribution < -0.4 is 10.0 Å². The van der Waals surface area contributed by atoms with Crippen LogP contribution in [0, 0.1) is 11.7 Å². The largest absolute Gasteiger partial charge is 0.464 e. The molecule has 0 atom stereocenters. The van der Waals surface area contributed by atoms with Gasteiger partial charge < -0.3 is 10.1 Å². The number of hydrogen-bond donors (Lipinski definition) is 2. The zero-order valence-corrected chi connectivity index (χ0v) is 16.7. The van der Waals surface area contributed by atoms with Crippen molar-refractivity contribution in [3.63, 3.8) is 0 Å². The minimum atomic E-state index is -3.98. The van der Waals surface area contributed by atoms with E-state index in [1.54, 1.807) is 0 Å². The molecule has 2 aromatic carbocycles. The van der Waals surface area contributed by atoms with E-state index in [0.29, 0.717) is 12.5 Å². The molecule has 1 fully saturated rings. The average Bonchev–Trinajstić information content (AvgIpc) is 3.51. The predicted octanol–water partition coefficient (Wildman–Crippen LogP) is 2.96. The van der Waals surface area contributed by atoms with Gasteiger partial charge in [-0.15, -0.1) is 0 Å². The smallest absolute Gasteiger partial charge is 0.325 e. The molecule has 1 aliphatic rings.